The number of pyridine rings is 1. The molecule has 1 aromatic heterocycles. The van der Waals surface area contributed by atoms with Gasteiger partial charge in [0, 0.05) is 23.7 Å². The molecule has 0 radical (unpaired) electrons. The summed E-state index contributed by atoms with van der Waals surface area (Å²) in [5.41, 5.74) is 1.56. The Morgan fingerprint density at radius 2 is 2.11 bits per heavy atom. The minimum absolute atomic E-state index is 0.0120. The lowest BCUT2D eigenvalue weighted by Crippen LogP contribution is -2.24. The maximum atomic E-state index is 12.1. The van der Waals surface area contributed by atoms with Crippen LogP contribution in [-0.4, -0.2) is 21.9 Å². The number of carbonyl (C=O) groups excluding carboxylic acids is 1. The lowest BCUT2D eigenvalue weighted by atomic mass is 10.1. The number of nitrogens with zero attached hydrogens (tertiary/aromatic N) is 1. The molecule has 0 aliphatic heterocycles. The van der Waals surface area contributed by atoms with Gasteiger partial charge < -0.3 is 5.32 Å². The highest BCUT2D eigenvalue weighted by Crippen LogP contribution is 2.16. The Kier molecular flexibility index (Phi) is 4.92. The summed E-state index contributed by atoms with van der Waals surface area (Å²) in [6, 6.07) is 9.42. The van der Waals surface area contributed by atoms with Crippen molar-refractivity contribution in [2.75, 3.05) is 11.0 Å². The highest BCUT2D eigenvalue weighted by Gasteiger charge is 2.08. The zero-order chi connectivity index (χ0) is 12.8. The van der Waals surface area contributed by atoms with Crippen molar-refractivity contribution in [1.82, 2.24) is 10.3 Å². The van der Waals surface area contributed by atoms with Gasteiger partial charge >= 0.3 is 0 Å². The summed E-state index contributed by atoms with van der Waals surface area (Å²) in [7, 11) is 0. The van der Waals surface area contributed by atoms with Crippen LogP contribution in [0.5, 0.6) is 0 Å². The summed E-state index contributed by atoms with van der Waals surface area (Å²) >= 11 is 2.35. The van der Waals surface area contributed by atoms with Gasteiger partial charge in [-0.2, -0.15) is 0 Å². The van der Waals surface area contributed by atoms with Gasteiger partial charge in [-0.05, 0) is 35.5 Å². The smallest absolute Gasteiger partial charge is 0.251 e. The van der Waals surface area contributed by atoms with Gasteiger partial charge in [-0.1, -0.05) is 34.7 Å². The lowest BCUT2D eigenvalue weighted by Gasteiger charge is -2.07. The van der Waals surface area contributed by atoms with E-state index in [0.29, 0.717) is 5.56 Å². The van der Waals surface area contributed by atoms with E-state index in [1.54, 1.807) is 6.20 Å². The van der Waals surface area contributed by atoms with E-state index >= 15 is 0 Å². The third kappa shape index (κ3) is 3.19. The number of alkyl halides is 1. The van der Waals surface area contributed by atoms with Gasteiger partial charge in [0.1, 0.15) is 0 Å². The summed E-state index contributed by atoms with van der Waals surface area (Å²) in [6.07, 6.45) is 3.90. The van der Waals surface area contributed by atoms with Crippen molar-refractivity contribution in [1.29, 1.82) is 0 Å². The molecule has 1 amide bonds. The van der Waals surface area contributed by atoms with Crippen molar-refractivity contribution in [3.05, 3.63) is 42.1 Å². The predicted molar refractivity (Wildman–Crippen MR) is 82.2 cm³/mol. The van der Waals surface area contributed by atoms with E-state index in [4.69, 9.17) is 0 Å². The second kappa shape index (κ2) is 6.68. The first-order valence-electron chi connectivity index (χ1n) is 6.01. The molecular formula is C14H15IN2O. The molecule has 3 nitrogen and oxygen atoms in total. The monoisotopic (exact) mass is 354 g/mol. The molecule has 0 aliphatic rings. The van der Waals surface area contributed by atoms with E-state index in [1.165, 1.54) is 0 Å². The average molecular weight is 354 g/mol. The largest absolute Gasteiger partial charge is 0.352 e. The van der Waals surface area contributed by atoms with Crippen molar-refractivity contribution in [2.45, 2.75) is 12.8 Å². The first-order valence-corrected chi connectivity index (χ1v) is 7.53. The van der Waals surface area contributed by atoms with E-state index in [1.807, 2.05) is 30.3 Å². The van der Waals surface area contributed by atoms with Gasteiger partial charge in [0.25, 0.3) is 5.91 Å². The van der Waals surface area contributed by atoms with Crippen molar-refractivity contribution in [2.24, 2.45) is 0 Å². The zero-order valence-electron chi connectivity index (χ0n) is 10.0. The lowest BCUT2D eigenvalue weighted by molar-refractivity contribution is 0.0955. The Labute approximate surface area is 120 Å². The quantitative estimate of drug-likeness (QED) is 0.509. The van der Waals surface area contributed by atoms with Crippen molar-refractivity contribution in [3.8, 4) is 0 Å². The van der Waals surface area contributed by atoms with Crippen LogP contribution in [0.1, 0.15) is 23.2 Å². The van der Waals surface area contributed by atoms with E-state index in [2.05, 4.69) is 32.9 Å². The number of hydrogen-bond donors (Lipinski definition) is 1. The van der Waals surface area contributed by atoms with Gasteiger partial charge in [-0.15, -0.1) is 0 Å². The van der Waals surface area contributed by atoms with Crippen molar-refractivity contribution < 1.29 is 4.79 Å². The SMILES string of the molecule is O=C(NCCCCI)c1cccc2ncccc12. The van der Waals surface area contributed by atoms with Crippen LogP contribution in [0.15, 0.2) is 36.5 Å². The van der Waals surface area contributed by atoms with Crippen LogP contribution in [-0.2, 0) is 0 Å². The number of unbranched alkanes of at least 4 members (excludes halogenated alkanes) is 1. The van der Waals surface area contributed by atoms with Crippen LogP contribution < -0.4 is 5.32 Å². The standard InChI is InChI=1S/C14H15IN2O/c15-8-1-2-9-17-14(18)12-5-3-7-13-11(12)6-4-10-16-13/h3-7,10H,1-2,8-9H2,(H,17,18). The Hall–Kier alpha value is -1.17. The Bertz CT molecular complexity index is 537. The molecule has 0 fully saturated rings. The first-order chi connectivity index (χ1) is 8.83. The zero-order valence-corrected chi connectivity index (χ0v) is 12.2. The molecule has 0 spiro atoms. The number of nitrogens with one attached hydrogen (secondary N) is 1. The molecule has 1 N–H and O–H groups in total. The fraction of sp³-hybridized carbons (Fsp3) is 0.286. The third-order valence-corrected chi connectivity index (χ3v) is 3.50. The number of carbonyl (C=O) groups is 1. The predicted octanol–water partition coefficient (Wildman–Crippen LogP) is 3.18. The normalized spacial score (nSPS) is 10.5. The molecule has 0 unspecified atom stereocenters. The molecule has 0 saturated heterocycles. The molecule has 0 bridgehead atoms. The van der Waals surface area contributed by atoms with Crippen molar-refractivity contribution >= 4 is 39.4 Å². The summed E-state index contributed by atoms with van der Waals surface area (Å²) in [5, 5.41) is 3.86. The summed E-state index contributed by atoms with van der Waals surface area (Å²) in [4.78, 5) is 16.3. The minimum Gasteiger partial charge on any atom is -0.352 e. The number of hydrogen-bond acceptors (Lipinski definition) is 2. The minimum atomic E-state index is -0.0120. The molecule has 18 heavy (non-hydrogen) atoms. The number of halogens is 1. The topological polar surface area (TPSA) is 42.0 Å². The van der Waals surface area contributed by atoms with Gasteiger partial charge in [-0.25, -0.2) is 0 Å². The number of aromatic nitrogens is 1. The second-order valence-electron chi connectivity index (χ2n) is 4.03. The molecule has 0 atom stereocenters. The molecule has 1 heterocycles. The van der Waals surface area contributed by atoms with E-state index in [0.717, 1.165) is 34.7 Å². The van der Waals surface area contributed by atoms with Crippen LogP contribution in [0.4, 0.5) is 0 Å². The van der Waals surface area contributed by atoms with E-state index in [-0.39, 0.29) is 5.91 Å². The van der Waals surface area contributed by atoms with E-state index < -0.39 is 0 Å². The highest BCUT2D eigenvalue weighted by atomic mass is 127. The Morgan fingerprint density at radius 1 is 1.22 bits per heavy atom. The van der Waals surface area contributed by atoms with Crippen LogP contribution in [0.2, 0.25) is 0 Å². The Morgan fingerprint density at radius 3 is 2.94 bits per heavy atom. The fourth-order valence-corrected chi connectivity index (χ4v) is 2.36. The molecule has 94 valence electrons. The average Bonchev–Trinajstić information content (AvgIpc) is 2.43. The summed E-state index contributed by atoms with van der Waals surface area (Å²) < 4.78 is 1.13. The van der Waals surface area contributed by atoms with Crippen molar-refractivity contribution in [3.63, 3.8) is 0 Å². The van der Waals surface area contributed by atoms with Crippen LogP contribution in [0, 0.1) is 0 Å². The molecule has 4 heteroatoms. The maximum Gasteiger partial charge on any atom is 0.251 e. The highest BCUT2D eigenvalue weighted by molar-refractivity contribution is 14.1. The van der Waals surface area contributed by atoms with Gasteiger partial charge in [-0.3, -0.25) is 9.78 Å². The Balaban J connectivity index is 2.13. The number of amides is 1. The third-order valence-electron chi connectivity index (χ3n) is 2.74. The first kappa shape index (κ1) is 13.3. The van der Waals surface area contributed by atoms with Crippen LogP contribution in [0.25, 0.3) is 10.9 Å². The number of benzene rings is 1. The molecule has 2 rings (SSSR count). The van der Waals surface area contributed by atoms with Gasteiger partial charge in [0.05, 0.1) is 5.52 Å². The summed E-state index contributed by atoms with van der Waals surface area (Å²) in [5.74, 6) is -0.0120. The number of fused-ring (bicyclic) bond motifs is 1. The molecular weight excluding hydrogens is 339 g/mol. The van der Waals surface area contributed by atoms with Gasteiger partial charge in [0.2, 0.25) is 0 Å². The molecule has 0 saturated carbocycles. The van der Waals surface area contributed by atoms with Crippen LogP contribution >= 0.6 is 22.6 Å². The van der Waals surface area contributed by atoms with Gasteiger partial charge in [0.15, 0.2) is 0 Å². The fourth-order valence-electron chi connectivity index (χ4n) is 1.82. The molecule has 0 aliphatic carbocycles. The van der Waals surface area contributed by atoms with Crippen LogP contribution in [0.3, 0.4) is 0 Å². The second-order valence-corrected chi connectivity index (χ2v) is 5.11. The number of rotatable bonds is 5. The van der Waals surface area contributed by atoms with E-state index in [9.17, 15) is 4.79 Å². The maximum absolute atomic E-state index is 12.1. The summed E-state index contributed by atoms with van der Waals surface area (Å²) in [6.45, 7) is 0.735. The molecule has 1 aromatic carbocycles. The molecule has 2 aromatic rings.